The van der Waals surface area contributed by atoms with Crippen LogP contribution in [-0.4, -0.2) is 77.2 Å². The van der Waals surface area contributed by atoms with E-state index in [1.54, 1.807) is 12.1 Å². The highest BCUT2D eigenvalue weighted by molar-refractivity contribution is 7.89. The summed E-state index contributed by atoms with van der Waals surface area (Å²) in [6.45, 7) is 5.11. The van der Waals surface area contributed by atoms with Crippen molar-refractivity contribution in [3.05, 3.63) is 18.2 Å². The lowest BCUT2D eigenvalue weighted by Crippen LogP contribution is -2.46. The van der Waals surface area contributed by atoms with Gasteiger partial charge in [0, 0.05) is 45.0 Å². The SMILES string of the molecule is CN1CCN(c2ccc(N)cc2S(=O)(=O)N2CCOCC2)CC1. The zero-order valence-electron chi connectivity index (χ0n) is 13.4. The summed E-state index contributed by atoms with van der Waals surface area (Å²) in [6, 6.07) is 5.18. The summed E-state index contributed by atoms with van der Waals surface area (Å²) < 4.78 is 32.8. The van der Waals surface area contributed by atoms with Gasteiger partial charge in [-0.3, -0.25) is 0 Å². The topological polar surface area (TPSA) is 79.1 Å². The van der Waals surface area contributed by atoms with Crippen LogP contribution in [0.25, 0.3) is 0 Å². The standard InChI is InChI=1S/C15H24N4O3S/c1-17-4-6-18(7-5-17)14-3-2-13(16)12-15(14)23(20,21)19-8-10-22-11-9-19/h2-3,12H,4-11,16H2,1H3. The Kier molecular flexibility index (Phi) is 4.77. The third-order valence-electron chi connectivity index (χ3n) is 4.42. The Balaban J connectivity index is 1.95. The van der Waals surface area contributed by atoms with E-state index in [9.17, 15) is 8.42 Å². The number of nitrogens with two attached hydrogens (primary N) is 1. The molecule has 2 aliphatic heterocycles. The van der Waals surface area contributed by atoms with Crippen molar-refractivity contribution in [3.63, 3.8) is 0 Å². The van der Waals surface area contributed by atoms with Crippen molar-refractivity contribution in [1.29, 1.82) is 0 Å². The Labute approximate surface area is 137 Å². The van der Waals surface area contributed by atoms with Crippen molar-refractivity contribution < 1.29 is 13.2 Å². The maximum atomic E-state index is 13.0. The zero-order chi connectivity index (χ0) is 16.4. The molecule has 128 valence electrons. The molecule has 0 spiro atoms. The number of nitrogen functional groups attached to an aromatic ring is 1. The van der Waals surface area contributed by atoms with Gasteiger partial charge in [0.2, 0.25) is 10.0 Å². The van der Waals surface area contributed by atoms with Crippen LogP contribution in [-0.2, 0) is 14.8 Å². The molecule has 0 saturated carbocycles. The van der Waals surface area contributed by atoms with Crippen LogP contribution in [0.5, 0.6) is 0 Å². The highest BCUT2D eigenvalue weighted by Gasteiger charge is 2.30. The maximum absolute atomic E-state index is 13.0. The summed E-state index contributed by atoms with van der Waals surface area (Å²) in [7, 11) is -1.48. The Morgan fingerprint density at radius 1 is 1.04 bits per heavy atom. The van der Waals surface area contributed by atoms with E-state index in [1.807, 2.05) is 6.07 Å². The van der Waals surface area contributed by atoms with Crippen LogP contribution in [0, 0.1) is 0 Å². The Bertz CT molecular complexity index is 651. The Hall–Kier alpha value is -1.35. The van der Waals surface area contributed by atoms with Gasteiger partial charge in [-0.15, -0.1) is 0 Å². The number of likely N-dealkylation sites (N-methyl/N-ethyl adjacent to an activating group) is 1. The van der Waals surface area contributed by atoms with E-state index < -0.39 is 10.0 Å². The third-order valence-corrected chi connectivity index (χ3v) is 6.34. The molecule has 0 unspecified atom stereocenters. The second-order valence-electron chi connectivity index (χ2n) is 6.03. The van der Waals surface area contributed by atoms with Gasteiger partial charge in [0.15, 0.2) is 0 Å². The van der Waals surface area contributed by atoms with Gasteiger partial charge in [-0.2, -0.15) is 4.31 Å². The van der Waals surface area contributed by atoms with Crippen LogP contribution in [0.1, 0.15) is 0 Å². The fourth-order valence-corrected chi connectivity index (χ4v) is 4.63. The second-order valence-corrected chi connectivity index (χ2v) is 7.94. The maximum Gasteiger partial charge on any atom is 0.245 e. The van der Waals surface area contributed by atoms with Crippen LogP contribution in [0.3, 0.4) is 0 Å². The van der Waals surface area contributed by atoms with Gasteiger partial charge in [-0.25, -0.2) is 8.42 Å². The predicted molar refractivity (Wildman–Crippen MR) is 90.1 cm³/mol. The van der Waals surface area contributed by atoms with Crippen LogP contribution >= 0.6 is 0 Å². The molecular formula is C15H24N4O3S. The molecule has 1 aromatic carbocycles. The smallest absolute Gasteiger partial charge is 0.245 e. The van der Waals surface area contributed by atoms with E-state index in [-0.39, 0.29) is 0 Å². The van der Waals surface area contributed by atoms with Crippen molar-refractivity contribution in [2.75, 3.05) is 70.2 Å². The summed E-state index contributed by atoms with van der Waals surface area (Å²) in [5.74, 6) is 0. The predicted octanol–water partition coefficient (Wildman–Crippen LogP) is 0.0415. The number of hydrogen-bond donors (Lipinski definition) is 1. The van der Waals surface area contributed by atoms with Crippen molar-refractivity contribution in [3.8, 4) is 0 Å². The highest BCUT2D eigenvalue weighted by atomic mass is 32.2. The average molecular weight is 340 g/mol. The minimum atomic E-state index is -3.56. The van der Waals surface area contributed by atoms with Crippen LogP contribution < -0.4 is 10.6 Å². The van der Waals surface area contributed by atoms with Crippen molar-refractivity contribution >= 4 is 21.4 Å². The molecule has 0 bridgehead atoms. The molecule has 2 fully saturated rings. The van der Waals surface area contributed by atoms with E-state index in [2.05, 4.69) is 16.8 Å². The monoisotopic (exact) mass is 340 g/mol. The van der Waals surface area contributed by atoms with Crippen LogP contribution in [0.4, 0.5) is 11.4 Å². The van der Waals surface area contributed by atoms with Crippen LogP contribution in [0.15, 0.2) is 23.1 Å². The molecular weight excluding hydrogens is 316 g/mol. The van der Waals surface area contributed by atoms with E-state index in [4.69, 9.17) is 10.5 Å². The van der Waals surface area contributed by atoms with E-state index in [1.165, 1.54) is 4.31 Å². The molecule has 0 aromatic heterocycles. The molecule has 0 amide bonds. The first kappa shape index (κ1) is 16.5. The van der Waals surface area contributed by atoms with Gasteiger partial charge >= 0.3 is 0 Å². The molecule has 3 rings (SSSR count). The summed E-state index contributed by atoms with van der Waals surface area (Å²) in [6.07, 6.45) is 0. The summed E-state index contributed by atoms with van der Waals surface area (Å²) in [5, 5.41) is 0. The molecule has 2 saturated heterocycles. The highest BCUT2D eigenvalue weighted by Crippen LogP contribution is 2.31. The number of rotatable bonds is 3. The first-order chi connectivity index (χ1) is 11.0. The normalized spacial score (nSPS) is 21.5. The number of benzene rings is 1. The molecule has 0 radical (unpaired) electrons. The third kappa shape index (κ3) is 3.45. The van der Waals surface area contributed by atoms with E-state index >= 15 is 0 Å². The summed E-state index contributed by atoms with van der Waals surface area (Å²) in [5.41, 5.74) is 7.09. The molecule has 23 heavy (non-hydrogen) atoms. The first-order valence-corrected chi connectivity index (χ1v) is 9.33. The molecule has 2 N–H and O–H groups in total. The summed E-state index contributed by atoms with van der Waals surface area (Å²) >= 11 is 0. The minimum Gasteiger partial charge on any atom is -0.399 e. The Morgan fingerprint density at radius 3 is 2.35 bits per heavy atom. The molecule has 2 heterocycles. The average Bonchev–Trinajstić information content (AvgIpc) is 2.56. The fourth-order valence-electron chi connectivity index (χ4n) is 2.97. The number of sulfonamides is 1. The number of morpholine rings is 1. The van der Waals surface area contributed by atoms with Gasteiger partial charge in [-0.1, -0.05) is 0 Å². The first-order valence-electron chi connectivity index (χ1n) is 7.89. The minimum absolute atomic E-state index is 0.309. The lowest BCUT2D eigenvalue weighted by molar-refractivity contribution is 0.0730. The van der Waals surface area contributed by atoms with Gasteiger partial charge in [0.25, 0.3) is 0 Å². The lowest BCUT2D eigenvalue weighted by atomic mass is 10.2. The van der Waals surface area contributed by atoms with E-state index in [0.717, 1.165) is 31.9 Å². The number of hydrogen-bond acceptors (Lipinski definition) is 6. The number of anilines is 2. The van der Waals surface area contributed by atoms with Crippen molar-refractivity contribution in [2.45, 2.75) is 4.90 Å². The van der Waals surface area contributed by atoms with Crippen LogP contribution in [0.2, 0.25) is 0 Å². The molecule has 2 aliphatic rings. The molecule has 0 atom stereocenters. The second kappa shape index (κ2) is 6.64. The zero-order valence-corrected chi connectivity index (χ0v) is 14.3. The number of piperazine rings is 1. The largest absolute Gasteiger partial charge is 0.399 e. The van der Waals surface area contributed by atoms with Gasteiger partial charge in [-0.05, 0) is 25.2 Å². The van der Waals surface area contributed by atoms with Gasteiger partial charge in [0.05, 0.1) is 18.9 Å². The quantitative estimate of drug-likeness (QED) is 0.783. The molecule has 7 nitrogen and oxygen atoms in total. The molecule has 8 heteroatoms. The Morgan fingerprint density at radius 2 is 1.70 bits per heavy atom. The molecule has 1 aromatic rings. The molecule has 0 aliphatic carbocycles. The summed E-state index contributed by atoms with van der Waals surface area (Å²) in [4.78, 5) is 4.68. The van der Waals surface area contributed by atoms with Gasteiger partial charge < -0.3 is 20.3 Å². The van der Waals surface area contributed by atoms with Crippen molar-refractivity contribution in [2.24, 2.45) is 0 Å². The van der Waals surface area contributed by atoms with Gasteiger partial charge in [0.1, 0.15) is 4.90 Å². The number of ether oxygens (including phenoxy) is 1. The fraction of sp³-hybridized carbons (Fsp3) is 0.600. The van der Waals surface area contributed by atoms with Crippen molar-refractivity contribution in [1.82, 2.24) is 9.21 Å². The lowest BCUT2D eigenvalue weighted by Gasteiger charge is -2.36. The number of nitrogens with zero attached hydrogens (tertiary/aromatic N) is 3. The van der Waals surface area contributed by atoms with E-state index in [0.29, 0.717) is 36.9 Å².